The van der Waals surface area contributed by atoms with Crippen LogP contribution in [0.4, 0.5) is 0 Å². The van der Waals surface area contributed by atoms with Crippen LogP contribution in [-0.2, 0) is 9.59 Å². The van der Waals surface area contributed by atoms with Crippen LogP contribution in [0.25, 0.3) is 6.08 Å². The predicted molar refractivity (Wildman–Crippen MR) is 93.5 cm³/mol. The second-order valence-electron chi connectivity index (χ2n) is 5.40. The first kappa shape index (κ1) is 18.4. The molecule has 0 radical (unpaired) electrons. The molecule has 0 spiro atoms. The molecule has 2 rings (SSSR count). The number of methoxy groups -OCH3 is 3. The van der Waals surface area contributed by atoms with E-state index in [1.165, 1.54) is 12.3 Å². The number of rotatable bonds is 6. The summed E-state index contributed by atoms with van der Waals surface area (Å²) in [6.45, 7) is 2.38. The topological polar surface area (TPSA) is 68.3 Å². The van der Waals surface area contributed by atoms with Crippen LogP contribution in [0, 0.1) is 0 Å². The summed E-state index contributed by atoms with van der Waals surface area (Å²) >= 11 is 0. The molecule has 1 aromatic carbocycles. The normalized spacial score (nSPS) is 14.2. The number of amides is 1. The van der Waals surface area contributed by atoms with Gasteiger partial charge >= 0.3 is 0 Å². The Balaban J connectivity index is 2.08. The van der Waals surface area contributed by atoms with Crippen LogP contribution in [0.5, 0.6) is 17.2 Å². The number of carbonyl (C=O) groups is 1. The zero-order valence-corrected chi connectivity index (χ0v) is 14.7. The standard InChI is InChI=1S/C18H22N2O5/c1-23-15-12-14(13-16(24-2)18(15)25-3)4-5-17(22)20-8-6-19(7-9-20)10-11-21/h4-5,10,12-13H,6-9H2,1-3H3. The molecule has 0 N–H and O–H groups in total. The summed E-state index contributed by atoms with van der Waals surface area (Å²) in [7, 11) is 4.63. The first-order chi connectivity index (χ1) is 12.1. The average Bonchev–Trinajstić information content (AvgIpc) is 2.65. The Morgan fingerprint density at radius 1 is 1.04 bits per heavy atom. The van der Waals surface area contributed by atoms with E-state index < -0.39 is 0 Å². The third-order valence-electron chi connectivity index (χ3n) is 3.97. The van der Waals surface area contributed by atoms with Gasteiger partial charge in [-0.25, -0.2) is 4.79 Å². The minimum absolute atomic E-state index is 0.0801. The first-order valence-electron chi connectivity index (χ1n) is 7.85. The van der Waals surface area contributed by atoms with Crippen LogP contribution in [0.15, 0.2) is 24.4 Å². The van der Waals surface area contributed by atoms with Gasteiger partial charge < -0.3 is 24.0 Å². The fourth-order valence-electron chi connectivity index (χ4n) is 2.62. The molecule has 0 saturated carbocycles. The van der Waals surface area contributed by atoms with E-state index in [-0.39, 0.29) is 5.91 Å². The molecule has 1 aliphatic rings. The van der Waals surface area contributed by atoms with Crippen LogP contribution < -0.4 is 14.2 Å². The van der Waals surface area contributed by atoms with E-state index in [4.69, 9.17) is 14.2 Å². The summed E-state index contributed by atoms with van der Waals surface area (Å²) in [5.74, 6) is 3.25. The highest BCUT2D eigenvalue weighted by atomic mass is 16.5. The number of nitrogens with zero attached hydrogens (tertiary/aromatic N) is 2. The van der Waals surface area contributed by atoms with E-state index in [0.29, 0.717) is 43.4 Å². The first-order valence-corrected chi connectivity index (χ1v) is 7.85. The van der Waals surface area contributed by atoms with Crippen molar-refractivity contribution in [1.82, 2.24) is 9.80 Å². The highest BCUT2D eigenvalue weighted by molar-refractivity contribution is 5.92. The molecule has 1 aliphatic heterocycles. The summed E-state index contributed by atoms with van der Waals surface area (Å²) in [6, 6.07) is 3.55. The van der Waals surface area contributed by atoms with Crippen LogP contribution in [0.3, 0.4) is 0 Å². The fraction of sp³-hybridized carbons (Fsp3) is 0.389. The molecule has 1 heterocycles. The molecule has 0 aromatic heterocycles. The summed E-state index contributed by atoms with van der Waals surface area (Å²) < 4.78 is 15.9. The Kier molecular flexibility index (Phi) is 6.48. The van der Waals surface area contributed by atoms with Crippen LogP contribution in [0.1, 0.15) is 5.56 Å². The van der Waals surface area contributed by atoms with E-state index in [1.54, 1.807) is 50.4 Å². The number of hydrogen-bond acceptors (Lipinski definition) is 6. The van der Waals surface area contributed by atoms with Crippen molar-refractivity contribution < 1.29 is 23.8 Å². The van der Waals surface area contributed by atoms with Gasteiger partial charge in [0, 0.05) is 32.3 Å². The van der Waals surface area contributed by atoms with Crippen molar-refractivity contribution in [1.29, 1.82) is 0 Å². The van der Waals surface area contributed by atoms with Gasteiger partial charge in [0.1, 0.15) is 5.94 Å². The summed E-state index contributed by atoms with van der Waals surface area (Å²) in [4.78, 5) is 26.3. The predicted octanol–water partition coefficient (Wildman–Crippen LogP) is 1.22. The van der Waals surface area contributed by atoms with Gasteiger partial charge in [-0.2, -0.15) is 0 Å². The third kappa shape index (κ3) is 4.55. The molecule has 0 aliphatic carbocycles. The van der Waals surface area contributed by atoms with Crippen molar-refractivity contribution in [3.8, 4) is 17.2 Å². The van der Waals surface area contributed by atoms with Gasteiger partial charge in [0.25, 0.3) is 0 Å². The molecular formula is C18H22N2O5. The molecule has 7 heteroatoms. The highest BCUT2D eigenvalue weighted by Crippen LogP contribution is 2.38. The van der Waals surface area contributed by atoms with Crippen molar-refractivity contribution >= 4 is 17.9 Å². The lowest BCUT2D eigenvalue weighted by Gasteiger charge is -2.32. The lowest BCUT2D eigenvalue weighted by Crippen LogP contribution is -2.46. The summed E-state index contributed by atoms with van der Waals surface area (Å²) in [5.41, 5.74) is 0.769. The Bertz CT molecular complexity index is 662. The number of ether oxygens (including phenoxy) is 3. The van der Waals surface area contributed by atoms with Gasteiger partial charge in [0.2, 0.25) is 11.7 Å². The van der Waals surface area contributed by atoms with Crippen LogP contribution in [0.2, 0.25) is 0 Å². The van der Waals surface area contributed by atoms with E-state index in [9.17, 15) is 9.59 Å². The van der Waals surface area contributed by atoms with Crippen molar-refractivity contribution in [2.24, 2.45) is 0 Å². The molecule has 7 nitrogen and oxygen atoms in total. The van der Waals surface area contributed by atoms with Gasteiger partial charge in [0.05, 0.1) is 27.5 Å². The SMILES string of the molecule is COc1cc(C=CC(=O)N2CCN(C=C=O)CC2)cc(OC)c1OC. The lowest BCUT2D eigenvalue weighted by atomic mass is 10.1. The second-order valence-corrected chi connectivity index (χ2v) is 5.40. The van der Waals surface area contributed by atoms with Crippen molar-refractivity contribution in [2.45, 2.75) is 0 Å². The maximum Gasteiger partial charge on any atom is 0.246 e. The molecule has 0 bridgehead atoms. The molecular weight excluding hydrogens is 324 g/mol. The molecule has 134 valence electrons. The zero-order chi connectivity index (χ0) is 18.2. The van der Waals surface area contributed by atoms with Crippen molar-refractivity contribution in [2.75, 3.05) is 47.5 Å². The van der Waals surface area contributed by atoms with Gasteiger partial charge in [-0.3, -0.25) is 4.79 Å². The Morgan fingerprint density at radius 2 is 1.64 bits per heavy atom. The van der Waals surface area contributed by atoms with Crippen LogP contribution in [-0.4, -0.2) is 69.2 Å². The highest BCUT2D eigenvalue weighted by Gasteiger charge is 2.18. The van der Waals surface area contributed by atoms with E-state index in [2.05, 4.69) is 0 Å². The number of carbonyl (C=O) groups excluding carboxylic acids is 2. The smallest absolute Gasteiger partial charge is 0.246 e. The van der Waals surface area contributed by atoms with E-state index in [0.717, 1.165) is 5.56 Å². The number of benzene rings is 1. The molecule has 0 atom stereocenters. The zero-order valence-electron chi connectivity index (χ0n) is 14.7. The van der Waals surface area contributed by atoms with Gasteiger partial charge in [-0.15, -0.1) is 0 Å². The van der Waals surface area contributed by atoms with Gasteiger partial charge in [-0.1, -0.05) is 0 Å². The third-order valence-corrected chi connectivity index (χ3v) is 3.97. The Morgan fingerprint density at radius 3 is 2.12 bits per heavy atom. The van der Waals surface area contributed by atoms with Crippen molar-refractivity contribution in [3.63, 3.8) is 0 Å². The van der Waals surface area contributed by atoms with Crippen molar-refractivity contribution in [3.05, 3.63) is 30.0 Å². The molecule has 1 saturated heterocycles. The molecule has 25 heavy (non-hydrogen) atoms. The maximum absolute atomic E-state index is 12.3. The summed E-state index contributed by atoms with van der Waals surface area (Å²) in [6.07, 6.45) is 4.62. The average molecular weight is 346 g/mol. The van der Waals surface area contributed by atoms with E-state index >= 15 is 0 Å². The second kappa shape index (κ2) is 8.80. The quantitative estimate of drug-likeness (QED) is 0.570. The molecule has 1 amide bonds. The minimum atomic E-state index is -0.0801. The fourth-order valence-corrected chi connectivity index (χ4v) is 2.62. The van der Waals surface area contributed by atoms with Gasteiger partial charge in [0.15, 0.2) is 11.5 Å². The number of piperazine rings is 1. The summed E-state index contributed by atoms with van der Waals surface area (Å²) in [5, 5.41) is 0. The minimum Gasteiger partial charge on any atom is -0.493 e. The lowest BCUT2D eigenvalue weighted by molar-refractivity contribution is -0.127. The van der Waals surface area contributed by atoms with Crippen LogP contribution >= 0.6 is 0 Å². The monoisotopic (exact) mass is 346 g/mol. The largest absolute Gasteiger partial charge is 0.493 e. The molecule has 1 fully saturated rings. The number of hydrogen-bond donors (Lipinski definition) is 0. The Hall–Kier alpha value is -2.92. The van der Waals surface area contributed by atoms with E-state index in [1.807, 2.05) is 4.90 Å². The Labute approximate surface area is 147 Å². The van der Waals surface area contributed by atoms with Gasteiger partial charge in [-0.05, 0) is 23.8 Å². The molecule has 1 aromatic rings. The maximum atomic E-state index is 12.3. The molecule has 0 unspecified atom stereocenters.